The molecular formula is C18H32OS. The van der Waals surface area contributed by atoms with Crippen molar-refractivity contribution in [2.24, 2.45) is 5.92 Å². The summed E-state index contributed by atoms with van der Waals surface area (Å²) in [6, 6.07) is 0. The van der Waals surface area contributed by atoms with Crippen molar-refractivity contribution in [1.82, 2.24) is 0 Å². The summed E-state index contributed by atoms with van der Waals surface area (Å²) in [5.41, 5.74) is 0. The summed E-state index contributed by atoms with van der Waals surface area (Å²) < 4.78 is 0. The third kappa shape index (κ3) is 5.42. The van der Waals surface area contributed by atoms with Crippen LogP contribution in [-0.2, 0) is 4.79 Å². The maximum atomic E-state index is 12.3. The normalized spacial score (nSPS) is 28.8. The fourth-order valence-corrected chi connectivity index (χ4v) is 5.53. The van der Waals surface area contributed by atoms with Crippen LogP contribution in [0.5, 0.6) is 0 Å². The zero-order valence-electron chi connectivity index (χ0n) is 13.2. The predicted molar refractivity (Wildman–Crippen MR) is 89.4 cm³/mol. The van der Waals surface area contributed by atoms with Crippen molar-refractivity contribution in [2.45, 2.75) is 101 Å². The maximum absolute atomic E-state index is 12.3. The van der Waals surface area contributed by atoms with Crippen LogP contribution >= 0.6 is 11.8 Å². The molecule has 0 aromatic carbocycles. The van der Waals surface area contributed by atoms with E-state index in [1.54, 1.807) is 0 Å². The number of rotatable bonds is 10. The Labute approximate surface area is 129 Å². The number of ketones is 1. The standard InChI is InChI=1S/C18H32OS/c1-2-3-4-5-6-7-8-9-10-18(19)15-13-16-11-12-17(14-15)20-16/h15-17H,2-14H2,1H3. The van der Waals surface area contributed by atoms with Crippen LogP contribution in [0.1, 0.15) is 90.4 Å². The van der Waals surface area contributed by atoms with Crippen molar-refractivity contribution in [3.8, 4) is 0 Å². The van der Waals surface area contributed by atoms with Gasteiger partial charge in [-0.2, -0.15) is 11.8 Å². The highest BCUT2D eigenvalue weighted by atomic mass is 32.2. The summed E-state index contributed by atoms with van der Waals surface area (Å²) in [4.78, 5) is 12.3. The second-order valence-corrected chi connectivity index (χ2v) is 8.42. The molecule has 2 unspecified atom stereocenters. The Bertz CT molecular complexity index is 277. The van der Waals surface area contributed by atoms with Crippen molar-refractivity contribution in [3.63, 3.8) is 0 Å². The molecule has 2 rings (SSSR count). The Morgan fingerprint density at radius 3 is 2.05 bits per heavy atom. The van der Waals surface area contributed by atoms with E-state index in [4.69, 9.17) is 0 Å². The average molecular weight is 297 g/mol. The summed E-state index contributed by atoms with van der Waals surface area (Å²) >= 11 is 2.16. The molecule has 0 aliphatic carbocycles. The monoisotopic (exact) mass is 296 g/mol. The third-order valence-corrected chi connectivity index (χ3v) is 6.65. The number of thioether (sulfide) groups is 1. The molecule has 0 saturated carbocycles. The van der Waals surface area contributed by atoms with Gasteiger partial charge in [0.2, 0.25) is 0 Å². The van der Waals surface area contributed by atoms with Gasteiger partial charge in [0.05, 0.1) is 0 Å². The highest BCUT2D eigenvalue weighted by molar-refractivity contribution is 8.00. The molecule has 2 atom stereocenters. The van der Waals surface area contributed by atoms with Gasteiger partial charge in [0.1, 0.15) is 5.78 Å². The molecule has 2 aliphatic rings. The van der Waals surface area contributed by atoms with Crippen molar-refractivity contribution in [1.29, 1.82) is 0 Å². The van der Waals surface area contributed by atoms with E-state index in [1.165, 1.54) is 70.6 Å². The topological polar surface area (TPSA) is 17.1 Å². The number of carbonyl (C=O) groups is 1. The van der Waals surface area contributed by atoms with Crippen molar-refractivity contribution < 1.29 is 4.79 Å². The largest absolute Gasteiger partial charge is 0.299 e. The lowest BCUT2D eigenvalue weighted by atomic mass is 9.91. The molecule has 2 fully saturated rings. The summed E-state index contributed by atoms with van der Waals surface area (Å²) in [6.07, 6.45) is 16.6. The lowest BCUT2D eigenvalue weighted by molar-refractivity contribution is -0.123. The number of carbonyl (C=O) groups excluding carboxylic acids is 1. The van der Waals surface area contributed by atoms with Crippen LogP contribution in [0.25, 0.3) is 0 Å². The van der Waals surface area contributed by atoms with Gasteiger partial charge in [-0.05, 0) is 32.1 Å². The van der Waals surface area contributed by atoms with Gasteiger partial charge in [0.25, 0.3) is 0 Å². The zero-order chi connectivity index (χ0) is 14.2. The molecule has 116 valence electrons. The Hall–Kier alpha value is 0.0200. The molecule has 0 N–H and O–H groups in total. The van der Waals surface area contributed by atoms with Gasteiger partial charge >= 0.3 is 0 Å². The van der Waals surface area contributed by atoms with Crippen LogP contribution in [0.4, 0.5) is 0 Å². The summed E-state index contributed by atoms with van der Waals surface area (Å²) in [6.45, 7) is 2.27. The van der Waals surface area contributed by atoms with Gasteiger partial charge < -0.3 is 0 Å². The Morgan fingerprint density at radius 1 is 0.900 bits per heavy atom. The number of fused-ring (bicyclic) bond motifs is 2. The number of hydrogen-bond acceptors (Lipinski definition) is 2. The van der Waals surface area contributed by atoms with Gasteiger partial charge in [0.15, 0.2) is 0 Å². The molecule has 0 aromatic rings. The van der Waals surface area contributed by atoms with Crippen LogP contribution < -0.4 is 0 Å². The van der Waals surface area contributed by atoms with Gasteiger partial charge in [-0.15, -0.1) is 0 Å². The molecule has 0 aromatic heterocycles. The minimum absolute atomic E-state index is 0.429. The first kappa shape index (κ1) is 16.4. The van der Waals surface area contributed by atoms with E-state index in [0.29, 0.717) is 11.7 Å². The maximum Gasteiger partial charge on any atom is 0.136 e. The fraction of sp³-hybridized carbons (Fsp3) is 0.944. The quantitative estimate of drug-likeness (QED) is 0.477. The molecule has 2 heterocycles. The van der Waals surface area contributed by atoms with E-state index < -0.39 is 0 Å². The first-order valence-corrected chi connectivity index (χ1v) is 9.92. The second kappa shape index (κ2) is 9.12. The van der Waals surface area contributed by atoms with E-state index in [0.717, 1.165) is 23.3 Å². The smallest absolute Gasteiger partial charge is 0.136 e. The molecule has 2 aliphatic heterocycles. The van der Waals surface area contributed by atoms with Crippen LogP contribution in [0.3, 0.4) is 0 Å². The third-order valence-electron chi connectivity index (χ3n) is 5.02. The Morgan fingerprint density at radius 2 is 1.45 bits per heavy atom. The van der Waals surface area contributed by atoms with Crippen molar-refractivity contribution >= 4 is 17.5 Å². The number of Topliss-reactive ketones (excluding diaryl/α,β-unsaturated/α-hetero) is 1. The van der Waals surface area contributed by atoms with Gasteiger partial charge in [-0.1, -0.05) is 51.9 Å². The van der Waals surface area contributed by atoms with Gasteiger partial charge in [-0.3, -0.25) is 4.79 Å². The summed E-state index contributed by atoms with van der Waals surface area (Å²) in [5, 5.41) is 1.64. The first-order valence-electron chi connectivity index (χ1n) is 8.97. The van der Waals surface area contributed by atoms with E-state index in [-0.39, 0.29) is 0 Å². The van der Waals surface area contributed by atoms with Crippen molar-refractivity contribution in [2.75, 3.05) is 0 Å². The predicted octanol–water partition coefficient (Wildman–Crippen LogP) is 5.76. The lowest BCUT2D eigenvalue weighted by Gasteiger charge is -2.26. The minimum atomic E-state index is 0.429. The Balaban J connectivity index is 1.48. The van der Waals surface area contributed by atoms with E-state index in [9.17, 15) is 4.79 Å². The molecule has 0 radical (unpaired) electrons. The second-order valence-electron chi connectivity index (χ2n) is 6.82. The van der Waals surface area contributed by atoms with Gasteiger partial charge in [0, 0.05) is 22.8 Å². The number of hydrogen-bond donors (Lipinski definition) is 0. The van der Waals surface area contributed by atoms with Crippen LogP contribution in [-0.4, -0.2) is 16.3 Å². The minimum Gasteiger partial charge on any atom is -0.299 e. The molecule has 2 heteroatoms. The van der Waals surface area contributed by atoms with E-state index in [2.05, 4.69) is 18.7 Å². The Kier molecular flexibility index (Phi) is 7.48. The highest BCUT2D eigenvalue weighted by Gasteiger charge is 2.37. The fourth-order valence-electron chi connectivity index (χ4n) is 3.76. The van der Waals surface area contributed by atoms with Crippen molar-refractivity contribution in [3.05, 3.63) is 0 Å². The van der Waals surface area contributed by atoms with Gasteiger partial charge in [-0.25, -0.2) is 0 Å². The molecule has 2 bridgehead atoms. The highest BCUT2D eigenvalue weighted by Crippen LogP contribution is 2.46. The summed E-state index contributed by atoms with van der Waals surface area (Å²) in [7, 11) is 0. The van der Waals surface area contributed by atoms with Crippen LogP contribution in [0.15, 0.2) is 0 Å². The number of unbranched alkanes of at least 4 members (excludes halogenated alkanes) is 7. The zero-order valence-corrected chi connectivity index (χ0v) is 14.1. The first-order chi connectivity index (χ1) is 9.79. The van der Waals surface area contributed by atoms with E-state index in [1.807, 2.05) is 0 Å². The molecule has 2 saturated heterocycles. The lowest BCUT2D eigenvalue weighted by Crippen LogP contribution is -2.24. The average Bonchev–Trinajstić information content (AvgIpc) is 2.80. The summed E-state index contributed by atoms with van der Waals surface area (Å²) in [5.74, 6) is 1.02. The molecule has 0 spiro atoms. The molecule has 20 heavy (non-hydrogen) atoms. The van der Waals surface area contributed by atoms with E-state index >= 15 is 0 Å². The van der Waals surface area contributed by atoms with Crippen LogP contribution in [0, 0.1) is 5.92 Å². The molecule has 1 nitrogen and oxygen atoms in total. The SMILES string of the molecule is CCCCCCCCCCC(=O)C1CC2CCC(C1)S2. The van der Waals surface area contributed by atoms with Crippen LogP contribution in [0.2, 0.25) is 0 Å². The molecular weight excluding hydrogens is 264 g/mol. The molecule has 0 amide bonds.